The van der Waals surface area contributed by atoms with Crippen molar-refractivity contribution in [1.29, 1.82) is 0 Å². The predicted molar refractivity (Wildman–Crippen MR) is 72.2 cm³/mol. The number of benzene rings is 2. The first-order valence-electron chi connectivity index (χ1n) is 6.39. The first kappa shape index (κ1) is 15.1. The summed E-state index contributed by atoms with van der Waals surface area (Å²) in [4.78, 5) is 4.04. The SMILES string of the molecule is Fc1cc(F)cc(-c2n[nH]c(-c3ccc(C(F)(F)F)cc3)n2)c1. The van der Waals surface area contributed by atoms with Crippen molar-refractivity contribution in [2.45, 2.75) is 6.18 Å². The van der Waals surface area contributed by atoms with E-state index in [4.69, 9.17) is 0 Å². The van der Waals surface area contributed by atoms with Crippen LogP contribution in [0.2, 0.25) is 0 Å². The van der Waals surface area contributed by atoms with Crippen LogP contribution in [0.4, 0.5) is 22.0 Å². The van der Waals surface area contributed by atoms with Gasteiger partial charge in [0.25, 0.3) is 0 Å². The van der Waals surface area contributed by atoms with Gasteiger partial charge in [-0.25, -0.2) is 13.8 Å². The quantitative estimate of drug-likeness (QED) is 0.708. The van der Waals surface area contributed by atoms with Gasteiger partial charge in [-0.2, -0.15) is 18.3 Å². The van der Waals surface area contributed by atoms with Crippen molar-refractivity contribution >= 4 is 0 Å². The van der Waals surface area contributed by atoms with E-state index in [1.807, 2.05) is 0 Å². The number of halogens is 5. The van der Waals surface area contributed by atoms with Crippen LogP contribution < -0.4 is 0 Å². The summed E-state index contributed by atoms with van der Waals surface area (Å²) in [5, 5.41) is 6.35. The summed E-state index contributed by atoms with van der Waals surface area (Å²) >= 11 is 0. The molecule has 0 aliphatic rings. The van der Waals surface area contributed by atoms with E-state index in [1.54, 1.807) is 0 Å². The fourth-order valence-corrected chi connectivity index (χ4v) is 2.02. The smallest absolute Gasteiger partial charge is 0.259 e. The standard InChI is InChI=1S/C15H8F5N3/c16-11-5-9(6-12(17)7-11)14-21-13(22-23-14)8-1-3-10(4-2-8)15(18,19)20/h1-7H,(H,21,22,23). The number of rotatable bonds is 2. The highest BCUT2D eigenvalue weighted by Crippen LogP contribution is 2.30. The average Bonchev–Trinajstić information content (AvgIpc) is 2.95. The molecule has 23 heavy (non-hydrogen) atoms. The maximum absolute atomic E-state index is 13.2. The highest BCUT2D eigenvalue weighted by molar-refractivity contribution is 5.61. The minimum Gasteiger partial charge on any atom is -0.259 e. The van der Waals surface area contributed by atoms with Gasteiger partial charge in [-0.15, -0.1) is 0 Å². The van der Waals surface area contributed by atoms with Gasteiger partial charge in [0.15, 0.2) is 11.6 Å². The highest BCUT2D eigenvalue weighted by Gasteiger charge is 2.30. The van der Waals surface area contributed by atoms with Crippen LogP contribution >= 0.6 is 0 Å². The summed E-state index contributed by atoms with van der Waals surface area (Å²) in [5.41, 5.74) is -0.293. The molecule has 118 valence electrons. The van der Waals surface area contributed by atoms with Gasteiger partial charge in [0.2, 0.25) is 0 Å². The third-order valence-corrected chi connectivity index (χ3v) is 3.09. The third kappa shape index (κ3) is 3.20. The molecular weight excluding hydrogens is 317 g/mol. The molecule has 1 N–H and O–H groups in total. The summed E-state index contributed by atoms with van der Waals surface area (Å²) in [6, 6.07) is 7.13. The molecule has 0 bridgehead atoms. The molecule has 0 atom stereocenters. The van der Waals surface area contributed by atoms with Gasteiger partial charge >= 0.3 is 6.18 Å². The normalized spacial score (nSPS) is 11.7. The number of nitrogens with zero attached hydrogens (tertiary/aromatic N) is 2. The number of nitrogens with one attached hydrogen (secondary N) is 1. The Morgan fingerprint density at radius 2 is 1.43 bits per heavy atom. The van der Waals surface area contributed by atoms with Crippen LogP contribution in [0.1, 0.15) is 5.56 Å². The molecule has 1 aromatic heterocycles. The molecule has 0 aliphatic heterocycles. The van der Waals surface area contributed by atoms with Gasteiger partial charge in [-0.1, -0.05) is 12.1 Å². The average molecular weight is 325 g/mol. The van der Waals surface area contributed by atoms with E-state index in [0.717, 1.165) is 24.3 Å². The first-order chi connectivity index (χ1) is 10.8. The third-order valence-electron chi connectivity index (χ3n) is 3.09. The zero-order valence-corrected chi connectivity index (χ0v) is 11.3. The van der Waals surface area contributed by atoms with Gasteiger partial charge in [-0.3, -0.25) is 5.10 Å². The Morgan fingerprint density at radius 1 is 0.826 bits per heavy atom. The molecule has 0 saturated carbocycles. The highest BCUT2D eigenvalue weighted by atomic mass is 19.4. The number of aromatic nitrogens is 3. The largest absolute Gasteiger partial charge is 0.416 e. The van der Waals surface area contributed by atoms with Crippen molar-refractivity contribution in [3.8, 4) is 22.8 Å². The van der Waals surface area contributed by atoms with Gasteiger partial charge in [0.1, 0.15) is 11.6 Å². The van der Waals surface area contributed by atoms with Crippen LogP contribution in [0.5, 0.6) is 0 Å². The number of H-pyrrole nitrogens is 1. The summed E-state index contributed by atoms with van der Waals surface area (Å²) in [7, 11) is 0. The van der Waals surface area contributed by atoms with Crippen LogP contribution in [-0.4, -0.2) is 15.2 Å². The fourth-order valence-electron chi connectivity index (χ4n) is 2.02. The number of hydrogen-bond donors (Lipinski definition) is 1. The lowest BCUT2D eigenvalue weighted by Gasteiger charge is -2.06. The van der Waals surface area contributed by atoms with E-state index >= 15 is 0 Å². The monoisotopic (exact) mass is 325 g/mol. The number of alkyl halides is 3. The van der Waals surface area contributed by atoms with Crippen molar-refractivity contribution < 1.29 is 22.0 Å². The summed E-state index contributed by atoms with van der Waals surface area (Å²) < 4.78 is 63.9. The summed E-state index contributed by atoms with van der Waals surface area (Å²) in [5.74, 6) is -1.32. The molecule has 1 heterocycles. The van der Waals surface area contributed by atoms with E-state index in [0.29, 0.717) is 11.6 Å². The molecular formula is C15H8F5N3. The Labute approximate surface area is 126 Å². The second kappa shape index (κ2) is 5.45. The van der Waals surface area contributed by atoms with Gasteiger partial charge in [-0.05, 0) is 24.3 Å². The maximum atomic E-state index is 13.2. The van der Waals surface area contributed by atoms with Crippen LogP contribution in [0, 0.1) is 11.6 Å². The minimum absolute atomic E-state index is 0.0401. The minimum atomic E-state index is -4.43. The lowest BCUT2D eigenvalue weighted by Crippen LogP contribution is -2.04. The Bertz CT molecular complexity index is 817. The van der Waals surface area contributed by atoms with E-state index in [1.165, 1.54) is 12.1 Å². The molecule has 0 spiro atoms. The van der Waals surface area contributed by atoms with Gasteiger partial charge in [0, 0.05) is 17.2 Å². The molecule has 0 unspecified atom stereocenters. The van der Waals surface area contributed by atoms with E-state index in [2.05, 4.69) is 15.2 Å². The maximum Gasteiger partial charge on any atom is 0.416 e. The van der Waals surface area contributed by atoms with Gasteiger partial charge < -0.3 is 0 Å². The van der Waals surface area contributed by atoms with Crippen molar-refractivity contribution in [3.05, 3.63) is 59.7 Å². The molecule has 0 aliphatic carbocycles. The molecule has 0 amide bonds. The zero-order valence-electron chi connectivity index (χ0n) is 11.3. The molecule has 0 saturated heterocycles. The lowest BCUT2D eigenvalue weighted by atomic mass is 10.1. The Balaban J connectivity index is 1.92. The van der Waals surface area contributed by atoms with Crippen molar-refractivity contribution in [2.75, 3.05) is 0 Å². The van der Waals surface area contributed by atoms with Crippen molar-refractivity contribution in [3.63, 3.8) is 0 Å². The van der Waals surface area contributed by atoms with Crippen LogP contribution in [0.25, 0.3) is 22.8 Å². The zero-order chi connectivity index (χ0) is 16.6. The number of aromatic amines is 1. The van der Waals surface area contributed by atoms with E-state index in [9.17, 15) is 22.0 Å². The first-order valence-corrected chi connectivity index (χ1v) is 6.39. The molecule has 0 radical (unpaired) electrons. The molecule has 3 rings (SSSR count). The summed E-state index contributed by atoms with van der Waals surface area (Å²) in [6.07, 6.45) is -4.43. The second-order valence-corrected chi connectivity index (χ2v) is 4.74. The van der Waals surface area contributed by atoms with Crippen LogP contribution in [0.3, 0.4) is 0 Å². The molecule has 3 aromatic rings. The van der Waals surface area contributed by atoms with Crippen molar-refractivity contribution in [1.82, 2.24) is 15.2 Å². The Kier molecular flexibility index (Phi) is 3.59. The number of hydrogen-bond acceptors (Lipinski definition) is 2. The fraction of sp³-hybridized carbons (Fsp3) is 0.0667. The predicted octanol–water partition coefficient (Wildman–Crippen LogP) is 4.44. The van der Waals surface area contributed by atoms with E-state index < -0.39 is 23.4 Å². The lowest BCUT2D eigenvalue weighted by molar-refractivity contribution is -0.137. The van der Waals surface area contributed by atoms with Crippen LogP contribution in [0.15, 0.2) is 42.5 Å². The molecule has 3 nitrogen and oxygen atoms in total. The topological polar surface area (TPSA) is 41.6 Å². The molecule has 8 heteroatoms. The van der Waals surface area contributed by atoms with Crippen molar-refractivity contribution in [2.24, 2.45) is 0 Å². The van der Waals surface area contributed by atoms with Gasteiger partial charge in [0.05, 0.1) is 5.56 Å². The van der Waals surface area contributed by atoms with Crippen LogP contribution in [-0.2, 0) is 6.18 Å². The summed E-state index contributed by atoms with van der Waals surface area (Å²) in [6.45, 7) is 0. The molecule has 0 fully saturated rings. The second-order valence-electron chi connectivity index (χ2n) is 4.74. The molecule has 2 aromatic carbocycles. The Hall–Kier alpha value is -2.77. The van der Waals surface area contributed by atoms with E-state index in [-0.39, 0.29) is 17.2 Å². The Morgan fingerprint density at radius 3 is 2.00 bits per heavy atom.